The molecule has 1 aromatic heterocycles. The molecule has 1 aliphatic carbocycles. The Bertz CT molecular complexity index is 318. The van der Waals surface area contributed by atoms with E-state index in [1.165, 1.54) is 17.7 Å². The molecule has 1 aliphatic rings. The van der Waals surface area contributed by atoms with Crippen LogP contribution in [-0.2, 0) is 6.42 Å². The highest BCUT2D eigenvalue weighted by Crippen LogP contribution is 2.37. The molecule has 1 fully saturated rings. The molecule has 4 heteroatoms. The molecule has 2 rings (SSSR count). The highest BCUT2D eigenvalue weighted by atomic mass is 32.1. The summed E-state index contributed by atoms with van der Waals surface area (Å²) in [5.41, 5.74) is 1.82. The summed E-state index contributed by atoms with van der Waals surface area (Å²) in [6.07, 6.45) is 7.02. The lowest BCUT2D eigenvalue weighted by atomic mass is 9.87. The average molecular weight is 240 g/mol. The van der Waals surface area contributed by atoms with Gasteiger partial charge in [0.05, 0.1) is 11.6 Å². The van der Waals surface area contributed by atoms with Gasteiger partial charge in [-0.05, 0) is 26.9 Å². The number of nitrogens with zero attached hydrogens (tertiary/aromatic N) is 2. The van der Waals surface area contributed by atoms with E-state index in [1.807, 2.05) is 11.7 Å². The molecule has 1 heterocycles. The van der Waals surface area contributed by atoms with E-state index in [9.17, 15) is 5.11 Å². The van der Waals surface area contributed by atoms with Crippen LogP contribution in [-0.4, -0.2) is 40.7 Å². The Morgan fingerprint density at radius 2 is 2.19 bits per heavy atom. The number of aliphatic hydroxyl groups is 1. The van der Waals surface area contributed by atoms with Gasteiger partial charge in [-0.1, -0.05) is 12.8 Å². The first-order chi connectivity index (χ1) is 7.65. The van der Waals surface area contributed by atoms with Crippen LogP contribution < -0.4 is 0 Å². The first-order valence-corrected chi connectivity index (χ1v) is 6.76. The molecule has 0 aliphatic heterocycles. The predicted molar refractivity (Wildman–Crippen MR) is 66.7 cm³/mol. The summed E-state index contributed by atoms with van der Waals surface area (Å²) in [6, 6.07) is 0. The third-order valence-electron chi connectivity index (χ3n) is 3.86. The highest BCUT2D eigenvalue weighted by molar-refractivity contribution is 7.09. The number of hydrogen-bond donors (Lipinski definition) is 1. The van der Waals surface area contributed by atoms with Crippen LogP contribution in [0.25, 0.3) is 0 Å². The maximum Gasteiger partial charge on any atom is 0.0794 e. The first-order valence-electron chi connectivity index (χ1n) is 5.88. The largest absolute Gasteiger partial charge is 0.391 e. The lowest BCUT2D eigenvalue weighted by Crippen LogP contribution is -2.52. The summed E-state index contributed by atoms with van der Waals surface area (Å²) in [4.78, 5) is 7.46. The molecule has 0 amide bonds. The molecule has 1 aromatic rings. The first kappa shape index (κ1) is 12.0. The monoisotopic (exact) mass is 240 g/mol. The fourth-order valence-electron chi connectivity index (χ4n) is 2.79. The molecular formula is C12H20N2OS. The molecule has 90 valence electrons. The second-order valence-electron chi connectivity index (χ2n) is 4.89. The van der Waals surface area contributed by atoms with Crippen LogP contribution in [0.2, 0.25) is 0 Å². The van der Waals surface area contributed by atoms with Crippen LogP contribution in [0.1, 0.15) is 30.6 Å². The van der Waals surface area contributed by atoms with Crippen LogP contribution >= 0.6 is 11.3 Å². The van der Waals surface area contributed by atoms with Crippen molar-refractivity contribution in [3.05, 3.63) is 16.6 Å². The maximum atomic E-state index is 10.5. The van der Waals surface area contributed by atoms with E-state index in [0.717, 1.165) is 19.3 Å². The summed E-state index contributed by atoms with van der Waals surface area (Å²) in [5.74, 6) is 0. The van der Waals surface area contributed by atoms with Crippen molar-refractivity contribution in [3.8, 4) is 0 Å². The number of thiazole rings is 1. The SMILES string of the molecule is CN(C)C1(C(O)Cc2cncs2)CCCC1. The smallest absolute Gasteiger partial charge is 0.0794 e. The van der Waals surface area contributed by atoms with Gasteiger partial charge in [0.25, 0.3) is 0 Å². The summed E-state index contributed by atoms with van der Waals surface area (Å²) in [5, 5.41) is 10.5. The van der Waals surface area contributed by atoms with Crippen LogP contribution in [0, 0.1) is 0 Å². The van der Waals surface area contributed by atoms with Crippen molar-refractivity contribution in [2.75, 3.05) is 14.1 Å². The number of rotatable bonds is 4. The molecular weight excluding hydrogens is 220 g/mol. The standard InChI is InChI=1S/C12H20N2OS/c1-14(2)12(5-3-4-6-12)11(15)7-10-8-13-9-16-10/h8-9,11,15H,3-7H2,1-2H3. The minimum atomic E-state index is -0.273. The van der Waals surface area contributed by atoms with E-state index in [-0.39, 0.29) is 11.6 Å². The lowest BCUT2D eigenvalue weighted by molar-refractivity contribution is -0.00208. The third-order valence-corrected chi connectivity index (χ3v) is 4.66. The molecule has 0 saturated heterocycles. The van der Waals surface area contributed by atoms with Crippen LogP contribution in [0.15, 0.2) is 11.7 Å². The van der Waals surface area contributed by atoms with Gasteiger partial charge < -0.3 is 10.0 Å². The van der Waals surface area contributed by atoms with Crippen LogP contribution in [0.5, 0.6) is 0 Å². The number of aromatic nitrogens is 1. The topological polar surface area (TPSA) is 36.4 Å². The fraction of sp³-hybridized carbons (Fsp3) is 0.750. The Morgan fingerprint density at radius 3 is 2.69 bits per heavy atom. The van der Waals surface area contributed by atoms with Gasteiger partial charge in [-0.15, -0.1) is 11.3 Å². The molecule has 0 radical (unpaired) electrons. The minimum absolute atomic E-state index is 0.00993. The summed E-state index contributed by atoms with van der Waals surface area (Å²) < 4.78 is 0. The van der Waals surface area contributed by atoms with Crippen molar-refractivity contribution in [2.45, 2.75) is 43.7 Å². The maximum absolute atomic E-state index is 10.5. The Morgan fingerprint density at radius 1 is 1.50 bits per heavy atom. The van der Waals surface area contributed by atoms with Gasteiger partial charge in [-0.2, -0.15) is 0 Å². The molecule has 1 N–H and O–H groups in total. The van der Waals surface area contributed by atoms with Gasteiger partial charge in [-0.25, -0.2) is 0 Å². The number of hydrogen-bond acceptors (Lipinski definition) is 4. The van der Waals surface area contributed by atoms with Gasteiger partial charge in [0.2, 0.25) is 0 Å². The molecule has 0 bridgehead atoms. The third kappa shape index (κ3) is 2.14. The van der Waals surface area contributed by atoms with Gasteiger partial charge in [0.1, 0.15) is 0 Å². The van der Waals surface area contributed by atoms with Gasteiger partial charge in [0.15, 0.2) is 0 Å². The van der Waals surface area contributed by atoms with Gasteiger partial charge in [-0.3, -0.25) is 4.98 Å². The second kappa shape index (κ2) is 4.82. The Labute approximate surface area is 101 Å². The molecule has 16 heavy (non-hydrogen) atoms. The molecule has 1 unspecified atom stereocenters. The van der Waals surface area contributed by atoms with E-state index in [4.69, 9.17) is 0 Å². The predicted octanol–water partition coefficient (Wildman–Crippen LogP) is 1.92. The number of likely N-dealkylation sites (N-methyl/N-ethyl adjacent to an activating group) is 1. The van der Waals surface area contributed by atoms with E-state index >= 15 is 0 Å². The van der Waals surface area contributed by atoms with Crippen molar-refractivity contribution >= 4 is 11.3 Å². The van der Waals surface area contributed by atoms with Crippen LogP contribution in [0.3, 0.4) is 0 Å². The zero-order valence-electron chi connectivity index (χ0n) is 10.0. The Kier molecular flexibility index (Phi) is 3.62. The van der Waals surface area contributed by atoms with Crippen molar-refractivity contribution in [2.24, 2.45) is 0 Å². The average Bonchev–Trinajstić information content (AvgIpc) is 2.87. The summed E-state index contributed by atoms with van der Waals surface area (Å²) in [7, 11) is 4.17. The molecule has 0 aromatic carbocycles. The molecule has 0 spiro atoms. The van der Waals surface area contributed by atoms with Crippen LogP contribution in [0.4, 0.5) is 0 Å². The number of aliphatic hydroxyl groups excluding tert-OH is 1. The van der Waals surface area contributed by atoms with Crippen molar-refractivity contribution < 1.29 is 5.11 Å². The fourth-order valence-corrected chi connectivity index (χ4v) is 3.42. The highest BCUT2D eigenvalue weighted by Gasteiger charge is 2.42. The second-order valence-corrected chi connectivity index (χ2v) is 5.86. The lowest BCUT2D eigenvalue weighted by Gasteiger charge is -2.40. The summed E-state index contributed by atoms with van der Waals surface area (Å²) >= 11 is 1.63. The quantitative estimate of drug-likeness (QED) is 0.873. The van der Waals surface area contributed by atoms with Crippen molar-refractivity contribution in [1.29, 1.82) is 0 Å². The zero-order chi connectivity index (χ0) is 11.6. The van der Waals surface area contributed by atoms with E-state index < -0.39 is 0 Å². The van der Waals surface area contributed by atoms with Crippen molar-refractivity contribution in [1.82, 2.24) is 9.88 Å². The van der Waals surface area contributed by atoms with Crippen molar-refractivity contribution in [3.63, 3.8) is 0 Å². The molecule has 1 atom stereocenters. The molecule has 1 saturated carbocycles. The Hall–Kier alpha value is -0.450. The zero-order valence-corrected chi connectivity index (χ0v) is 10.8. The normalized spacial score (nSPS) is 21.5. The van der Waals surface area contributed by atoms with Gasteiger partial charge >= 0.3 is 0 Å². The minimum Gasteiger partial charge on any atom is -0.391 e. The van der Waals surface area contributed by atoms with E-state index in [2.05, 4.69) is 24.0 Å². The molecule has 3 nitrogen and oxygen atoms in total. The van der Waals surface area contributed by atoms with E-state index in [1.54, 1.807) is 11.3 Å². The Balaban J connectivity index is 2.08. The van der Waals surface area contributed by atoms with Gasteiger partial charge in [0, 0.05) is 23.0 Å². The summed E-state index contributed by atoms with van der Waals surface area (Å²) in [6.45, 7) is 0. The van der Waals surface area contributed by atoms with E-state index in [0.29, 0.717) is 0 Å².